The highest BCUT2D eigenvalue weighted by Gasteiger charge is 2.27. The van der Waals surface area contributed by atoms with Crippen LogP contribution in [0, 0.1) is 23.4 Å². The number of benzene rings is 2. The van der Waals surface area contributed by atoms with Crippen LogP contribution in [0.3, 0.4) is 0 Å². The molecule has 31 heavy (non-hydrogen) atoms. The Labute approximate surface area is 183 Å². The smallest absolute Gasteiger partial charge is 0.166 e. The van der Waals surface area contributed by atoms with Crippen LogP contribution in [-0.4, -0.2) is 7.11 Å². The Balaban J connectivity index is 1.51. The zero-order chi connectivity index (χ0) is 22.0. The minimum atomic E-state index is -0.769. The first-order valence-corrected chi connectivity index (χ1v) is 11.5. The molecule has 0 bridgehead atoms. The van der Waals surface area contributed by atoms with Gasteiger partial charge in [-0.25, -0.2) is 13.2 Å². The molecule has 2 aromatic rings. The van der Waals surface area contributed by atoms with Gasteiger partial charge in [-0.3, -0.25) is 0 Å². The van der Waals surface area contributed by atoms with Crippen molar-refractivity contribution in [1.29, 1.82) is 0 Å². The summed E-state index contributed by atoms with van der Waals surface area (Å²) in [5, 5.41) is 0. The second-order valence-electron chi connectivity index (χ2n) is 9.06. The van der Waals surface area contributed by atoms with E-state index >= 15 is 8.78 Å². The monoisotopic (exact) mass is 428 g/mol. The van der Waals surface area contributed by atoms with Crippen molar-refractivity contribution in [2.45, 2.75) is 70.6 Å². The maximum Gasteiger partial charge on any atom is 0.166 e. The van der Waals surface area contributed by atoms with Crippen LogP contribution in [0.1, 0.15) is 80.0 Å². The predicted molar refractivity (Wildman–Crippen MR) is 119 cm³/mol. The summed E-state index contributed by atoms with van der Waals surface area (Å²) in [5.41, 5.74) is 3.27. The van der Waals surface area contributed by atoms with Gasteiger partial charge in [0.2, 0.25) is 0 Å². The Morgan fingerprint density at radius 3 is 2.45 bits per heavy atom. The van der Waals surface area contributed by atoms with Crippen LogP contribution in [0.25, 0.3) is 5.57 Å². The van der Waals surface area contributed by atoms with Gasteiger partial charge in [-0.1, -0.05) is 44.4 Å². The molecule has 2 aromatic carbocycles. The summed E-state index contributed by atoms with van der Waals surface area (Å²) in [5.74, 6) is -0.865. The Morgan fingerprint density at radius 1 is 0.968 bits per heavy atom. The lowest BCUT2D eigenvalue weighted by Crippen LogP contribution is -2.15. The summed E-state index contributed by atoms with van der Waals surface area (Å²) in [6, 6.07) is 6.62. The lowest BCUT2D eigenvalue weighted by molar-refractivity contribution is 0.299. The van der Waals surface area contributed by atoms with Gasteiger partial charge >= 0.3 is 0 Å². The second-order valence-corrected chi connectivity index (χ2v) is 9.06. The van der Waals surface area contributed by atoms with Crippen molar-refractivity contribution in [2.75, 3.05) is 7.11 Å². The largest absolute Gasteiger partial charge is 0.494 e. The van der Waals surface area contributed by atoms with E-state index in [1.54, 1.807) is 18.2 Å². The number of unbranched alkanes of at least 4 members (excludes halogenated alkanes) is 1. The van der Waals surface area contributed by atoms with Crippen molar-refractivity contribution in [3.63, 3.8) is 0 Å². The number of hydrogen-bond donors (Lipinski definition) is 0. The van der Waals surface area contributed by atoms with Crippen LogP contribution >= 0.6 is 0 Å². The molecule has 4 heteroatoms. The van der Waals surface area contributed by atoms with Crippen LogP contribution < -0.4 is 4.74 Å². The summed E-state index contributed by atoms with van der Waals surface area (Å²) < 4.78 is 49.4. The van der Waals surface area contributed by atoms with E-state index < -0.39 is 17.5 Å². The Bertz CT molecular complexity index is 971. The standard InChI is InChI=1S/C27H31F3O/c1-3-4-5-17-6-8-18(9-7-17)22-12-13-23(27(30)26(22)29)20-11-10-19-16-25(31-2)24(28)15-21(19)14-20/h11-13,15-18H,3-10,14H2,1-2H3. The van der Waals surface area contributed by atoms with Crippen LogP contribution in [0.15, 0.2) is 30.3 Å². The highest BCUT2D eigenvalue weighted by Crippen LogP contribution is 2.40. The summed E-state index contributed by atoms with van der Waals surface area (Å²) in [7, 11) is 1.44. The van der Waals surface area contributed by atoms with Crippen molar-refractivity contribution in [3.8, 4) is 5.75 Å². The third-order valence-corrected chi connectivity index (χ3v) is 7.13. The topological polar surface area (TPSA) is 9.23 Å². The molecule has 0 aliphatic heterocycles. The Morgan fingerprint density at radius 2 is 1.74 bits per heavy atom. The molecule has 0 radical (unpaired) electrons. The lowest BCUT2D eigenvalue weighted by Gasteiger charge is -2.29. The zero-order valence-corrected chi connectivity index (χ0v) is 18.4. The quantitative estimate of drug-likeness (QED) is 0.457. The van der Waals surface area contributed by atoms with Gasteiger partial charge in [-0.2, -0.15) is 0 Å². The lowest BCUT2D eigenvalue weighted by atomic mass is 9.76. The van der Waals surface area contributed by atoms with Gasteiger partial charge in [-0.15, -0.1) is 0 Å². The number of rotatable bonds is 6. The van der Waals surface area contributed by atoms with Crippen molar-refractivity contribution < 1.29 is 17.9 Å². The molecule has 0 saturated heterocycles. The van der Waals surface area contributed by atoms with E-state index in [0.717, 1.165) is 42.7 Å². The van der Waals surface area contributed by atoms with Gasteiger partial charge in [-0.05, 0) is 84.8 Å². The fourth-order valence-corrected chi connectivity index (χ4v) is 5.25. The van der Waals surface area contributed by atoms with Gasteiger partial charge in [0.1, 0.15) is 0 Å². The average molecular weight is 429 g/mol. The average Bonchev–Trinajstić information content (AvgIpc) is 2.79. The SMILES string of the molecule is CCCCC1CCC(c2ccc(C3=CCc4cc(OC)c(F)cc4C3)c(F)c2F)CC1. The molecule has 4 rings (SSSR count). The van der Waals surface area contributed by atoms with Crippen LogP contribution in [0.5, 0.6) is 5.75 Å². The van der Waals surface area contributed by atoms with Crippen molar-refractivity contribution >= 4 is 5.57 Å². The van der Waals surface area contributed by atoms with Gasteiger partial charge in [0.05, 0.1) is 7.11 Å². The number of hydrogen-bond acceptors (Lipinski definition) is 1. The second kappa shape index (κ2) is 9.50. The molecule has 2 aliphatic carbocycles. The molecule has 1 fully saturated rings. The molecule has 0 unspecified atom stereocenters. The minimum Gasteiger partial charge on any atom is -0.494 e. The van der Waals surface area contributed by atoms with E-state index in [9.17, 15) is 4.39 Å². The number of allylic oxidation sites excluding steroid dienone is 2. The Hall–Kier alpha value is -2.23. The Kier molecular flexibility index (Phi) is 6.74. The molecule has 0 N–H and O–H groups in total. The molecular formula is C27H31F3O. The highest BCUT2D eigenvalue weighted by molar-refractivity contribution is 5.71. The molecule has 0 heterocycles. The van der Waals surface area contributed by atoms with Crippen molar-refractivity contribution in [3.05, 3.63) is 70.0 Å². The van der Waals surface area contributed by atoms with E-state index in [2.05, 4.69) is 6.92 Å². The fraction of sp³-hybridized carbons (Fsp3) is 0.481. The zero-order valence-electron chi connectivity index (χ0n) is 18.4. The minimum absolute atomic E-state index is 0.101. The summed E-state index contributed by atoms with van der Waals surface area (Å²) in [4.78, 5) is 0. The summed E-state index contributed by atoms with van der Waals surface area (Å²) >= 11 is 0. The maximum atomic E-state index is 15.1. The molecule has 0 atom stereocenters. The summed E-state index contributed by atoms with van der Waals surface area (Å²) in [6.45, 7) is 2.21. The molecule has 166 valence electrons. The first kappa shape index (κ1) is 22.0. The van der Waals surface area contributed by atoms with Crippen molar-refractivity contribution in [2.24, 2.45) is 5.92 Å². The number of ether oxygens (including phenoxy) is 1. The van der Waals surface area contributed by atoms with E-state index in [1.165, 1.54) is 32.4 Å². The third-order valence-electron chi connectivity index (χ3n) is 7.13. The normalized spacial score (nSPS) is 20.9. The number of halogens is 3. The third kappa shape index (κ3) is 4.53. The van der Waals surface area contributed by atoms with Gasteiger partial charge in [0.25, 0.3) is 0 Å². The van der Waals surface area contributed by atoms with Crippen LogP contribution in [-0.2, 0) is 12.8 Å². The van der Waals surface area contributed by atoms with E-state index in [0.29, 0.717) is 29.5 Å². The van der Waals surface area contributed by atoms with Crippen LogP contribution in [0.2, 0.25) is 0 Å². The molecule has 1 nitrogen and oxygen atoms in total. The van der Waals surface area contributed by atoms with E-state index in [-0.39, 0.29) is 11.7 Å². The number of methoxy groups -OCH3 is 1. The molecule has 2 aliphatic rings. The summed E-state index contributed by atoms with van der Waals surface area (Å²) in [6.07, 6.45) is 10.6. The van der Waals surface area contributed by atoms with Gasteiger partial charge in [0.15, 0.2) is 23.2 Å². The predicted octanol–water partition coefficient (Wildman–Crippen LogP) is 7.76. The molecule has 0 spiro atoms. The molecule has 1 saturated carbocycles. The molecule has 0 aromatic heterocycles. The van der Waals surface area contributed by atoms with E-state index in [1.807, 2.05) is 6.08 Å². The van der Waals surface area contributed by atoms with Crippen LogP contribution in [0.4, 0.5) is 13.2 Å². The molecule has 0 amide bonds. The number of fused-ring (bicyclic) bond motifs is 1. The maximum absolute atomic E-state index is 15.1. The van der Waals surface area contributed by atoms with Gasteiger partial charge in [0, 0.05) is 5.56 Å². The first-order valence-electron chi connectivity index (χ1n) is 11.5. The first-order chi connectivity index (χ1) is 15.0. The highest BCUT2D eigenvalue weighted by atomic mass is 19.2. The van der Waals surface area contributed by atoms with E-state index in [4.69, 9.17) is 4.74 Å². The molecular weight excluding hydrogens is 397 g/mol. The van der Waals surface area contributed by atoms with Gasteiger partial charge < -0.3 is 4.74 Å². The fourth-order valence-electron chi connectivity index (χ4n) is 5.25. The van der Waals surface area contributed by atoms with Crippen molar-refractivity contribution in [1.82, 2.24) is 0 Å².